The Bertz CT molecular complexity index is 512. The fourth-order valence-corrected chi connectivity index (χ4v) is 2.06. The first-order valence-corrected chi connectivity index (χ1v) is 6.66. The van der Waals surface area contributed by atoms with E-state index in [4.69, 9.17) is 5.73 Å². The van der Waals surface area contributed by atoms with Crippen molar-refractivity contribution in [3.63, 3.8) is 0 Å². The lowest BCUT2D eigenvalue weighted by Crippen LogP contribution is -1.90. The zero-order valence-corrected chi connectivity index (χ0v) is 11.2. The Kier molecular flexibility index (Phi) is 4.03. The third-order valence-electron chi connectivity index (χ3n) is 3.39. The molecule has 0 aromatic heterocycles. The van der Waals surface area contributed by atoms with E-state index >= 15 is 0 Å². The number of unbranched alkanes of at least 4 members (excludes halogenated alkanes) is 1. The van der Waals surface area contributed by atoms with Crippen LogP contribution in [0.2, 0.25) is 0 Å². The lowest BCUT2D eigenvalue weighted by molar-refractivity contribution is 0.795. The average Bonchev–Trinajstić information content (AvgIpc) is 2.40. The zero-order valence-electron chi connectivity index (χ0n) is 11.2. The van der Waals surface area contributed by atoms with Gasteiger partial charge in [0.25, 0.3) is 0 Å². The van der Waals surface area contributed by atoms with E-state index in [-0.39, 0.29) is 0 Å². The van der Waals surface area contributed by atoms with E-state index in [0.29, 0.717) is 0 Å². The maximum absolute atomic E-state index is 5.95. The Hall–Kier alpha value is -1.76. The summed E-state index contributed by atoms with van der Waals surface area (Å²) in [6.45, 7) is 4.26. The maximum atomic E-state index is 5.95. The van der Waals surface area contributed by atoms with E-state index in [1.165, 1.54) is 36.0 Å². The summed E-state index contributed by atoms with van der Waals surface area (Å²) in [5.74, 6) is 0. The molecule has 0 amide bonds. The molecule has 0 aliphatic carbocycles. The zero-order chi connectivity index (χ0) is 13.0. The molecule has 1 nitrogen and oxygen atoms in total. The monoisotopic (exact) mass is 239 g/mol. The molecule has 2 aromatic carbocycles. The molecule has 0 atom stereocenters. The van der Waals surface area contributed by atoms with Gasteiger partial charge in [0.2, 0.25) is 0 Å². The van der Waals surface area contributed by atoms with E-state index < -0.39 is 0 Å². The number of nitrogen functional groups attached to an aromatic ring is 1. The van der Waals surface area contributed by atoms with Crippen LogP contribution in [0.25, 0.3) is 11.1 Å². The van der Waals surface area contributed by atoms with Crippen LogP contribution in [0.3, 0.4) is 0 Å². The highest BCUT2D eigenvalue weighted by atomic mass is 14.5. The summed E-state index contributed by atoms with van der Waals surface area (Å²) in [6, 6.07) is 15.1. The minimum atomic E-state index is 0.863. The van der Waals surface area contributed by atoms with Crippen LogP contribution >= 0.6 is 0 Å². The topological polar surface area (TPSA) is 26.0 Å². The fraction of sp³-hybridized carbons (Fsp3) is 0.294. The molecule has 2 N–H and O–H groups in total. The molecule has 0 aliphatic heterocycles. The summed E-state index contributed by atoms with van der Waals surface area (Å²) in [5.41, 5.74) is 11.8. The van der Waals surface area contributed by atoms with Gasteiger partial charge in [-0.05, 0) is 48.1 Å². The number of nitrogens with two attached hydrogens (primary N) is 1. The first kappa shape index (κ1) is 12.7. The van der Waals surface area contributed by atoms with Crippen LogP contribution in [0.1, 0.15) is 30.9 Å². The standard InChI is InChI=1S/C17H21N/c1-3-4-5-14-7-10-15(11-8-14)16-9-6-13(2)17(18)12-16/h6-12H,3-5,18H2,1-2H3. The molecular weight excluding hydrogens is 218 g/mol. The Morgan fingerprint density at radius 1 is 0.944 bits per heavy atom. The summed E-state index contributed by atoms with van der Waals surface area (Å²) in [7, 11) is 0. The van der Waals surface area contributed by atoms with Crippen LogP contribution in [0.5, 0.6) is 0 Å². The molecule has 1 heteroatoms. The summed E-state index contributed by atoms with van der Waals surface area (Å²) in [4.78, 5) is 0. The normalized spacial score (nSPS) is 10.6. The van der Waals surface area contributed by atoms with Crippen molar-refractivity contribution in [2.45, 2.75) is 33.1 Å². The lowest BCUT2D eigenvalue weighted by Gasteiger charge is -2.07. The Morgan fingerprint density at radius 2 is 1.61 bits per heavy atom. The second-order valence-electron chi connectivity index (χ2n) is 4.87. The number of aryl methyl sites for hydroxylation is 2. The molecule has 0 spiro atoms. The molecule has 2 aromatic rings. The van der Waals surface area contributed by atoms with Crippen molar-refractivity contribution in [2.24, 2.45) is 0 Å². The number of benzene rings is 2. The molecule has 0 aliphatic rings. The molecule has 2 rings (SSSR count). The van der Waals surface area contributed by atoms with Crippen LogP contribution in [0.15, 0.2) is 42.5 Å². The molecule has 0 heterocycles. The van der Waals surface area contributed by atoms with Crippen molar-refractivity contribution in [1.82, 2.24) is 0 Å². The van der Waals surface area contributed by atoms with Crippen molar-refractivity contribution in [3.05, 3.63) is 53.6 Å². The van der Waals surface area contributed by atoms with Gasteiger partial charge in [0.15, 0.2) is 0 Å². The van der Waals surface area contributed by atoms with Gasteiger partial charge >= 0.3 is 0 Å². The molecule has 0 radical (unpaired) electrons. The van der Waals surface area contributed by atoms with Crippen molar-refractivity contribution >= 4 is 5.69 Å². The predicted octanol–water partition coefficient (Wildman–Crippen LogP) is 4.59. The molecule has 0 unspecified atom stereocenters. The predicted molar refractivity (Wildman–Crippen MR) is 79.6 cm³/mol. The summed E-state index contributed by atoms with van der Waals surface area (Å²) in [6.07, 6.45) is 3.68. The Morgan fingerprint density at radius 3 is 2.22 bits per heavy atom. The minimum Gasteiger partial charge on any atom is -0.398 e. The van der Waals surface area contributed by atoms with Gasteiger partial charge in [0, 0.05) is 5.69 Å². The minimum absolute atomic E-state index is 0.863. The number of hydrogen-bond acceptors (Lipinski definition) is 1. The molecule has 18 heavy (non-hydrogen) atoms. The smallest absolute Gasteiger partial charge is 0.0349 e. The van der Waals surface area contributed by atoms with Crippen LogP contribution in [0, 0.1) is 6.92 Å². The highest BCUT2D eigenvalue weighted by Gasteiger charge is 2.00. The number of rotatable bonds is 4. The van der Waals surface area contributed by atoms with Crippen molar-refractivity contribution in [2.75, 3.05) is 5.73 Å². The second-order valence-corrected chi connectivity index (χ2v) is 4.87. The van der Waals surface area contributed by atoms with Crippen LogP contribution in [-0.4, -0.2) is 0 Å². The molecule has 0 fully saturated rings. The third kappa shape index (κ3) is 2.92. The van der Waals surface area contributed by atoms with Crippen LogP contribution in [-0.2, 0) is 6.42 Å². The van der Waals surface area contributed by atoms with Gasteiger partial charge in [0.1, 0.15) is 0 Å². The van der Waals surface area contributed by atoms with Crippen molar-refractivity contribution < 1.29 is 0 Å². The highest BCUT2D eigenvalue weighted by molar-refractivity contribution is 5.69. The van der Waals surface area contributed by atoms with Gasteiger partial charge in [-0.1, -0.05) is 49.7 Å². The van der Waals surface area contributed by atoms with Gasteiger partial charge in [-0.3, -0.25) is 0 Å². The van der Waals surface area contributed by atoms with Gasteiger partial charge in [-0.15, -0.1) is 0 Å². The highest BCUT2D eigenvalue weighted by Crippen LogP contribution is 2.24. The number of anilines is 1. The van der Waals surface area contributed by atoms with E-state index in [1.807, 2.05) is 6.92 Å². The third-order valence-corrected chi connectivity index (χ3v) is 3.39. The fourth-order valence-electron chi connectivity index (χ4n) is 2.06. The summed E-state index contributed by atoms with van der Waals surface area (Å²) in [5, 5.41) is 0. The quantitative estimate of drug-likeness (QED) is 0.776. The van der Waals surface area contributed by atoms with E-state index in [0.717, 1.165) is 11.3 Å². The molecule has 0 saturated carbocycles. The van der Waals surface area contributed by atoms with Crippen LogP contribution in [0.4, 0.5) is 5.69 Å². The van der Waals surface area contributed by atoms with Crippen LogP contribution < -0.4 is 5.73 Å². The molecule has 94 valence electrons. The maximum Gasteiger partial charge on any atom is 0.0349 e. The van der Waals surface area contributed by atoms with Gasteiger partial charge in [0.05, 0.1) is 0 Å². The first-order chi connectivity index (χ1) is 8.70. The van der Waals surface area contributed by atoms with Crippen molar-refractivity contribution in [1.29, 1.82) is 0 Å². The summed E-state index contributed by atoms with van der Waals surface area (Å²) < 4.78 is 0. The Balaban J connectivity index is 2.20. The summed E-state index contributed by atoms with van der Waals surface area (Å²) >= 11 is 0. The second kappa shape index (κ2) is 5.72. The molecular formula is C17H21N. The average molecular weight is 239 g/mol. The van der Waals surface area contributed by atoms with Crippen molar-refractivity contribution in [3.8, 4) is 11.1 Å². The molecule has 0 saturated heterocycles. The van der Waals surface area contributed by atoms with Gasteiger partial charge in [-0.2, -0.15) is 0 Å². The van der Waals surface area contributed by atoms with E-state index in [9.17, 15) is 0 Å². The largest absolute Gasteiger partial charge is 0.398 e. The van der Waals surface area contributed by atoms with E-state index in [1.54, 1.807) is 0 Å². The Labute approximate surface area is 110 Å². The van der Waals surface area contributed by atoms with E-state index in [2.05, 4.69) is 49.4 Å². The number of hydrogen-bond donors (Lipinski definition) is 1. The lowest BCUT2D eigenvalue weighted by atomic mass is 10.0. The molecule has 0 bridgehead atoms. The van der Waals surface area contributed by atoms with Gasteiger partial charge < -0.3 is 5.73 Å². The first-order valence-electron chi connectivity index (χ1n) is 6.66. The van der Waals surface area contributed by atoms with Gasteiger partial charge in [-0.25, -0.2) is 0 Å². The SMILES string of the molecule is CCCCc1ccc(-c2ccc(C)c(N)c2)cc1.